The van der Waals surface area contributed by atoms with Crippen molar-refractivity contribution >= 4 is 29.2 Å². The van der Waals surface area contributed by atoms with Gasteiger partial charge in [0.1, 0.15) is 12.4 Å². The molecule has 1 fully saturated rings. The monoisotopic (exact) mass is 470 g/mol. The van der Waals surface area contributed by atoms with E-state index in [0.29, 0.717) is 13.0 Å². The first-order valence-corrected chi connectivity index (χ1v) is 11.3. The first-order valence-electron chi connectivity index (χ1n) is 10.9. The van der Waals surface area contributed by atoms with Crippen LogP contribution in [0.2, 0.25) is 5.02 Å². The van der Waals surface area contributed by atoms with Crippen molar-refractivity contribution in [3.05, 3.63) is 32.8 Å². The summed E-state index contributed by atoms with van der Waals surface area (Å²) in [7, 11) is 0. The smallest absolute Gasteiger partial charge is 0.302 e. The van der Waals surface area contributed by atoms with E-state index in [4.69, 9.17) is 21.1 Å². The average Bonchev–Trinajstić information content (AvgIpc) is 2.74. The summed E-state index contributed by atoms with van der Waals surface area (Å²) in [6, 6.07) is 2.79. The largest absolute Gasteiger partial charge is 0.492 e. The number of nitro benzene ring substituents is 1. The molecule has 0 bridgehead atoms. The number of hydrogen-bond donors (Lipinski definition) is 1. The van der Waals surface area contributed by atoms with Crippen molar-refractivity contribution in [3.8, 4) is 5.75 Å². The van der Waals surface area contributed by atoms with E-state index in [-0.39, 0.29) is 59.6 Å². The van der Waals surface area contributed by atoms with Crippen LogP contribution in [0.15, 0.2) is 12.1 Å². The lowest BCUT2D eigenvalue weighted by Crippen LogP contribution is -2.43. The molecule has 32 heavy (non-hydrogen) atoms. The van der Waals surface area contributed by atoms with Gasteiger partial charge >= 0.3 is 5.97 Å². The summed E-state index contributed by atoms with van der Waals surface area (Å²) in [5.41, 5.74) is -0.275. The number of hydrogen-bond acceptors (Lipinski definition) is 7. The molecule has 1 aromatic carbocycles. The van der Waals surface area contributed by atoms with Gasteiger partial charge in [0.25, 0.3) is 5.69 Å². The Morgan fingerprint density at radius 2 is 1.97 bits per heavy atom. The number of aliphatic hydroxyl groups excluding tert-OH is 1. The highest BCUT2D eigenvalue weighted by molar-refractivity contribution is 6.33. The molecule has 0 aromatic heterocycles. The van der Waals surface area contributed by atoms with Gasteiger partial charge in [-0.25, -0.2) is 0 Å². The minimum atomic E-state index is -1.13. The maximum Gasteiger partial charge on any atom is 0.302 e. The Kier molecular flexibility index (Phi) is 10.2. The van der Waals surface area contributed by atoms with E-state index in [1.165, 1.54) is 32.4 Å². The lowest BCUT2D eigenvalue weighted by molar-refractivity contribution is -0.386. The number of carbonyl (C=O) groups excluding carboxylic acids is 2. The molecule has 2 rings (SSSR count). The van der Waals surface area contributed by atoms with Crippen molar-refractivity contribution in [2.24, 2.45) is 0 Å². The molecule has 1 saturated carbocycles. The van der Waals surface area contributed by atoms with Crippen LogP contribution < -0.4 is 4.74 Å². The molecule has 1 aromatic rings. The Labute approximate surface area is 192 Å². The van der Waals surface area contributed by atoms with Crippen LogP contribution in [-0.2, 0) is 14.3 Å². The fourth-order valence-electron chi connectivity index (χ4n) is 3.97. The minimum Gasteiger partial charge on any atom is -0.492 e. The molecule has 1 atom stereocenters. The lowest BCUT2D eigenvalue weighted by Gasteiger charge is -2.34. The lowest BCUT2D eigenvalue weighted by atomic mass is 9.94. The number of esters is 1. The molecule has 1 amide bonds. The van der Waals surface area contributed by atoms with Gasteiger partial charge in [-0.3, -0.25) is 19.7 Å². The third-order valence-corrected chi connectivity index (χ3v) is 5.89. The number of benzene rings is 1. The van der Waals surface area contributed by atoms with Crippen LogP contribution in [0.4, 0.5) is 5.69 Å². The Morgan fingerprint density at radius 3 is 2.56 bits per heavy atom. The predicted octanol–water partition coefficient (Wildman–Crippen LogP) is 4.18. The summed E-state index contributed by atoms with van der Waals surface area (Å²) in [6.07, 6.45) is 4.77. The Morgan fingerprint density at radius 1 is 1.28 bits per heavy atom. The van der Waals surface area contributed by atoms with Gasteiger partial charge in [-0.05, 0) is 32.3 Å². The van der Waals surface area contributed by atoms with Gasteiger partial charge in [-0.1, -0.05) is 30.9 Å². The van der Waals surface area contributed by atoms with Crippen LogP contribution in [0.25, 0.3) is 0 Å². The van der Waals surface area contributed by atoms with Gasteiger partial charge in [0.05, 0.1) is 34.8 Å². The second-order valence-corrected chi connectivity index (χ2v) is 8.29. The number of aliphatic hydroxyl groups is 1. The molecule has 1 aliphatic rings. The fraction of sp³-hybridized carbons (Fsp3) is 0.636. The number of nitro groups is 1. The Bertz CT molecular complexity index is 810. The van der Waals surface area contributed by atoms with Gasteiger partial charge in [-0.2, -0.15) is 0 Å². The zero-order chi connectivity index (χ0) is 23.7. The molecule has 0 heterocycles. The molecule has 10 heteroatoms. The van der Waals surface area contributed by atoms with Crippen LogP contribution >= 0.6 is 11.6 Å². The van der Waals surface area contributed by atoms with E-state index in [2.05, 4.69) is 0 Å². The van der Waals surface area contributed by atoms with Gasteiger partial charge in [0.2, 0.25) is 5.91 Å². The van der Waals surface area contributed by atoms with Crippen molar-refractivity contribution < 1.29 is 29.1 Å². The molecular weight excluding hydrogens is 440 g/mol. The average molecular weight is 471 g/mol. The highest BCUT2D eigenvalue weighted by Crippen LogP contribution is 2.38. The molecule has 0 saturated heterocycles. The first-order chi connectivity index (χ1) is 15.2. The van der Waals surface area contributed by atoms with Crippen LogP contribution in [0.3, 0.4) is 0 Å². The normalized spacial score (nSPS) is 15.1. The number of halogens is 1. The SMILES string of the molecule is CC(=O)OCCN(C(=O)CCCOc1ccc([N+](=O)[O-])c(C(C)O)c1Cl)C1CCCCC1. The molecule has 9 nitrogen and oxygen atoms in total. The van der Waals surface area contributed by atoms with Crippen molar-refractivity contribution in [3.63, 3.8) is 0 Å². The molecular formula is C22H31ClN2O7. The molecule has 1 aliphatic carbocycles. The van der Waals surface area contributed by atoms with Crippen molar-refractivity contribution in [2.45, 2.75) is 70.9 Å². The van der Waals surface area contributed by atoms with Gasteiger partial charge in [0, 0.05) is 25.5 Å². The summed E-state index contributed by atoms with van der Waals surface area (Å²) in [6.45, 7) is 3.47. The van der Waals surface area contributed by atoms with E-state index in [9.17, 15) is 24.8 Å². The molecule has 1 unspecified atom stereocenters. The zero-order valence-corrected chi connectivity index (χ0v) is 19.3. The maximum atomic E-state index is 12.9. The summed E-state index contributed by atoms with van der Waals surface area (Å²) >= 11 is 6.22. The topological polar surface area (TPSA) is 119 Å². The quantitative estimate of drug-likeness (QED) is 0.223. The van der Waals surface area contributed by atoms with Crippen LogP contribution in [0, 0.1) is 10.1 Å². The van der Waals surface area contributed by atoms with Gasteiger partial charge < -0.3 is 19.5 Å². The summed E-state index contributed by atoms with van der Waals surface area (Å²) < 4.78 is 10.7. The van der Waals surface area contributed by atoms with Gasteiger partial charge in [0.15, 0.2) is 0 Å². The number of nitrogens with zero attached hydrogens (tertiary/aromatic N) is 2. The third-order valence-electron chi connectivity index (χ3n) is 5.50. The van der Waals surface area contributed by atoms with Crippen LogP contribution in [0.5, 0.6) is 5.75 Å². The van der Waals surface area contributed by atoms with Crippen molar-refractivity contribution in [2.75, 3.05) is 19.8 Å². The fourth-order valence-corrected chi connectivity index (χ4v) is 4.34. The summed E-state index contributed by atoms with van der Waals surface area (Å²) in [4.78, 5) is 36.3. The van der Waals surface area contributed by atoms with E-state index in [0.717, 1.165) is 25.7 Å². The summed E-state index contributed by atoms with van der Waals surface area (Å²) in [5.74, 6) is -0.169. The molecule has 1 N–H and O–H groups in total. The summed E-state index contributed by atoms with van der Waals surface area (Å²) in [5, 5.41) is 21.0. The van der Waals surface area contributed by atoms with E-state index in [1.54, 1.807) is 0 Å². The third kappa shape index (κ3) is 7.34. The zero-order valence-electron chi connectivity index (χ0n) is 18.5. The highest BCUT2D eigenvalue weighted by atomic mass is 35.5. The van der Waals surface area contributed by atoms with E-state index in [1.807, 2.05) is 4.90 Å². The molecule has 0 aliphatic heterocycles. The number of carbonyl (C=O) groups is 2. The van der Waals surface area contributed by atoms with E-state index < -0.39 is 11.0 Å². The Balaban J connectivity index is 1.94. The predicted molar refractivity (Wildman–Crippen MR) is 119 cm³/mol. The highest BCUT2D eigenvalue weighted by Gasteiger charge is 2.26. The van der Waals surface area contributed by atoms with Gasteiger partial charge in [-0.15, -0.1) is 0 Å². The standard InChI is InChI=1S/C22H31ClN2O7/c1-15(26)21-18(25(29)30)10-11-19(22(21)23)32-13-6-9-20(28)24(12-14-31-16(2)27)17-7-4-3-5-8-17/h10-11,15,17,26H,3-9,12-14H2,1-2H3. The van der Waals surface area contributed by atoms with Crippen LogP contribution in [-0.4, -0.2) is 52.6 Å². The first kappa shape index (κ1) is 25.9. The second kappa shape index (κ2) is 12.6. The molecule has 0 spiro atoms. The van der Waals surface area contributed by atoms with Crippen molar-refractivity contribution in [1.29, 1.82) is 0 Å². The van der Waals surface area contributed by atoms with E-state index >= 15 is 0 Å². The number of rotatable bonds is 11. The maximum absolute atomic E-state index is 12.9. The molecule has 0 radical (unpaired) electrons. The van der Waals surface area contributed by atoms with Crippen molar-refractivity contribution in [1.82, 2.24) is 4.90 Å². The number of ether oxygens (including phenoxy) is 2. The second-order valence-electron chi connectivity index (χ2n) is 7.91. The van der Waals surface area contributed by atoms with Crippen LogP contribution in [0.1, 0.15) is 70.5 Å². The molecule has 178 valence electrons. The number of amides is 1. The Hall–Kier alpha value is -2.39. The minimum absolute atomic E-state index is 0.000752.